The third-order valence-corrected chi connectivity index (χ3v) is 0. The molecule has 0 fully saturated rings. The summed E-state index contributed by atoms with van der Waals surface area (Å²) in [6.45, 7) is 1.43. The zero-order valence-corrected chi connectivity index (χ0v) is 10.8. The molecule has 8 heteroatoms. The molecule has 0 spiro atoms. The van der Waals surface area contributed by atoms with Crippen LogP contribution in [0.5, 0.6) is 0 Å². The van der Waals surface area contributed by atoms with Gasteiger partial charge in [-0.2, -0.15) is 5.26 Å². The average molecular weight is 183 g/mol. The fourth-order valence-electron chi connectivity index (χ4n) is 0. The van der Waals surface area contributed by atoms with Crippen LogP contribution in [0.4, 0.5) is 0 Å². The van der Waals surface area contributed by atoms with Crippen molar-refractivity contribution in [3.8, 4) is 6.07 Å². The molecule has 0 radical (unpaired) electrons. The Hall–Kier alpha value is 1.36. The molecule has 0 saturated heterocycles. The van der Waals surface area contributed by atoms with Crippen molar-refractivity contribution in [1.82, 2.24) is 0 Å². The molecular weight excluding hydrogens is 180 g/mol. The Kier molecular flexibility index (Phi) is 29.2. The molecular formula is C2H3NNa2O4S. The molecule has 0 heterocycles. The van der Waals surface area contributed by atoms with Crippen LogP contribution in [0.15, 0.2) is 0 Å². The second-order valence-corrected chi connectivity index (χ2v) is 1.45. The fraction of sp³-hybridized carbons (Fsp3) is 0.500. The van der Waals surface area contributed by atoms with E-state index in [1.165, 1.54) is 6.92 Å². The van der Waals surface area contributed by atoms with Crippen molar-refractivity contribution in [1.29, 1.82) is 5.26 Å². The van der Waals surface area contributed by atoms with Gasteiger partial charge in [0.25, 0.3) is 0 Å². The summed E-state index contributed by atoms with van der Waals surface area (Å²) < 4.78 is 34.1. The summed E-state index contributed by atoms with van der Waals surface area (Å²) in [5, 5.41) is 7.32. The normalized spacial score (nSPS) is 6.60. The second-order valence-electron chi connectivity index (χ2n) is 0.632. The van der Waals surface area contributed by atoms with Crippen molar-refractivity contribution < 1.29 is 76.6 Å². The third-order valence-electron chi connectivity index (χ3n) is 0. The Morgan fingerprint density at radius 1 is 1.30 bits per heavy atom. The number of hydrogen-bond donors (Lipinski definition) is 0. The average Bonchev–Trinajstić information content (AvgIpc) is 1.27. The van der Waals surface area contributed by atoms with Gasteiger partial charge in [-0.1, -0.05) is 0 Å². The van der Waals surface area contributed by atoms with Crippen LogP contribution in [0.1, 0.15) is 6.92 Å². The van der Waals surface area contributed by atoms with Gasteiger partial charge in [-0.25, -0.2) is 0 Å². The van der Waals surface area contributed by atoms with Gasteiger partial charge in [-0.05, 0) is 0 Å². The van der Waals surface area contributed by atoms with Crippen LogP contribution >= 0.6 is 0 Å². The van der Waals surface area contributed by atoms with E-state index in [1.54, 1.807) is 6.07 Å². The zero-order chi connectivity index (χ0) is 7.21. The van der Waals surface area contributed by atoms with Crippen LogP contribution in [0.2, 0.25) is 0 Å². The van der Waals surface area contributed by atoms with Gasteiger partial charge < -0.3 is 9.11 Å². The minimum atomic E-state index is -5.17. The predicted molar refractivity (Wildman–Crippen MR) is 21.8 cm³/mol. The van der Waals surface area contributed by atoms with Crippen molar-refractivity contribution in [2.75, 3.05) is 0 Å². The van der Waals surface area contributed by atoms with E-state index in [4.69, 9.17) is 22.8 Å². The Balaban J connectivity index is -0.0000000326. The first-order chi connectivity index (χ1) is 3.41. The minimum Gasteiger partial charge on any atom is -0.759 e. The quantitative estimate of drug-likeness (QED) is 0.211. The van der Waals surface area contributed by atoms with Gasteiger partial charge in [0, 0.05) is 17.3 Å². The standard InChI is InChI=1S/C2H3N.2Na.H2O4S/c1-2-3;;;1-5(2,3)4/h1H3;;;(H2,1,2,3,4)/q;2*+1;/p-2. The maximum atomic E-state index is 8.52. The molecule has 0 amide bonds. The van der Waals surface area contributed by atoms with Crippen LogP contribution in [0.25, 0.3) is 0 Å². The Morgan fingerprint density at radius 2 is 1.30 bits per heavy atom. The van der Waals surface area contributed by atoms with Crippen molar-refractivity contribution in [2.24, 2.45) is 0 Å². The van der Waals surface area contributed by atoms with E-state index >= 15 is 0 Å². The molecule has 0 bridgehead atoms. The molecule has 10 heavy (non-hydrogen) atoms. The van der Waals surface area contributed by atoms with Crippen LogP contribution < -0.4 is 59.1 Å². The number of nitriles is 1. The molecule has 0 aromatic carbocycles. The monoisotopic (exact) mass is 183 g/mol. The van der Waals surface area contributed by atoms with Gasteiger partial charge in [0.1, 0.15) is 0 Å². The molecule has 0 aromatic heterocycles. The molecule has 48 valence electrons. The molecule has 0 atom stereocenters. The summed E-state index contributed by atoms with van der Waals surface area (Å²) in [4.78, 5) is 0. The SMILES string of the molecule is CC#N.O=S(=O)([O-])[O-].[Na+].[Na+]. The van der Waals surface area contributed by atoms with E-state index in [0.29, 0.717) is 0 Å². The first kappa shape index (κ1) is 22.5. The van der Waals surface area contributed by atoms with E-state index in [0.717, 1.165) is 0 Å². The molecule has 0 aromatic rings. The van der Waals surface area contributed by atoms with Crippen molar-refractivity contribution in [3.05, 3.63) is 0 Å². The van der Waals surface area contributed by atoms with Crippen molar-refractivity contribution in [2.45, 2.75) is 6.92 Å². The summed E-state index contributed by atoms with van der Waals surface area (Å²) >= 11 is 0. The molecule has 0 unspecified atom stereocenters. The summed E-state index contributed by atoms with van der Waals surface area (Å²) in [7, 11) is -5.17. The molecule has 0 aliphatic rings. The van der Waals surface area contributed by atoms with E-state index in [9.17, 15) is 0 Å². The van der Waals surface area contributed by atoms with Gasteiger partial charge in [-0.15, -0.1) is 0 Å². The third kappa shape index (κ3) is 354. The van der Waals surface area contributed by atoms with Crippen LogP contribution in [-0.2, 0) is 10.4 Å². The van der Waals surface area contributed by atoms with Crippen molar-refractivity contribution in [3.63, 3.8) is 0 Å². The Labute approximate surface area is 104 Å². The second kappa shape index (κ2) is 13.0. The van der Waals surface area contributed by atoms with E-state index < -0.39 is 10.4 Å². The molecule has 0 N–H and O–H groups in total. The molecule has 0 saturated carbocycles. The number of rotatable bonds is 0. The number of nitrogens with zero attached hydrogens (tertiary/aromatic N) is 1. The van der Waals surface area contributed by atoms with Crippen LogP contribution in [0.3, 0.4) is 0 Å². The Bertz CT molecular complexity index is 162. The van der Waals surface area contributed by atoms with Crippen LogP contribution in [0, 0.1) is 11.3 Å². The summed E-state index contributed by atoms with van der Waals surface area (Å²) in [5.74, 6) is 0. The number of hydrogen-bond acceptors (Lipinski definition) is 5. The summed E-state index contributed by atoms with van der Waals surface area (Å²) in [5.41, 5.74) is 0. The smallest absolute Gasteiger partial charge is 0.759 e. The summed E-state index contributed by atoms with van der Waals surface area (Å²) in [6.07, 6.45) is 0. The Morgan fingerprint density at radius 3 is 1.30 bits per heavy atom. The van der Waals surface area contributed by atoms with Crippen molar-refractivity contribution >= 4 is 10.4 Å². The van der Waals surface area contributed by atoms with Gasteiger partial charge in [0.05, 0.1) is 6.07 Å². The molecule has 0 rings (SSSR count). The van der Waals surface area contributed by atoms with Gasteiger partial charge in [0.15, 0.2) is 0 Å². The first-order valence-electron chi connectivity index (χ1n) is 1.39. The minimum absolute atomic E-state index is 0. The zero-order valence-electron chi connectivity index (χ0n) is 5.99. The predicted octanol–water partition coefficient (Wildman–Crippen LogP) is -6.80. The molecule has 0 aliphatic carbocycles. The van der Waals surface area contributed by atoms with Gasteiger partial charge in [-0.3, -0.25) is 8.42 Å². The summed E-state index contributed by atoms with van der Waals surface area (Å²) in [6, 6.07) is 1.75. The first-order valence-corrected chi connectivity index (χ1v) is 2.72. The van der Waals surface area contributed by atoms with Gasteiger partial charge in [0.2, 0.25) is 0 Å². The van der Waals surface area contributed by atoms with E-state index in [-0.39, 0.29) is 59.1 Å². The molecule has 5 nitrogen and oxygen atoms in total. The topological polar surface area (TPSA) is 104 Å². The van der Waals surface area contributed by atoms with E-state index in [2.05, 4.69) is 0 Å². The van der Waals surface area contributed by atoms with Crippen LogP contribution in [-0.4, -0.2) is 17.5 Å². The maximum Gasteiger partial charge on any atom is 1.00 e. The van der Waals surface area contributed by atoms with Gasteiger partial charge >= 0.3 is 59.1 Å². The maximum absolute atomic E-state index is 8.52. The van der Waals surface area contributed by atoms with E-state index in [1.807, 2.05) is 0 Å². The molecule has 0 aliphatic heterocycles. The fourth-order valence-corrected chi connectivity index (χ4v) is 0. The largest absolute Gasteiger partial charge is 1.00 e.